The fraction of sp³-hybridized carbons (Fsp3) is 0.250. The smallest absolute Gasteiger partial charge is 0.355 e. The second-order valence-electron chi connectivity index (χ2n) is 3.94. The van der Waals surface area contributed by atoms with E-state index in [4.69, 9.17) is 16.7 Å². The number of carboxylic acids is 1. The van der Waals surface area contributed by atoms with E-state index in [1.165, 1.54) is 16.7 Å². The molecular formula is C12H12ClN3O3S. The number of amides is 1. The molecule has 0 saturated heterocycles. The average molecular weight is 314 g/mol. The minimum atomic E-state index is -1.08. The minimum Gasteiger partial charge on any atom is -0.476 e. The lowest BCUT2D eigenvalue weighted by Gasteiger charge is -2.06. The molecule has 6 nitrogen and oxygen atoms in total. The molecule has 0 radical (unpaired) electrons. The first-order valence-electron chi connectivity index (χ1n) is 5.82. The maximum Gasteiger partial charge on any atom is 0.355 e. The van der Waals surface area contributed by atoms with E-state index < -0.39 is 5.97 Å². The number of carbonyl (C=O) groups is 2. The van der Waals surface area contributed by atoms with Gasteiger partial charge in [-0.05, 0) is 13.0 Å². The van der Waals surface area contributed by atoms with Crippen LogP contribution in [-0.4, -0.2) is 26.5 Å². The predicted octanol–water partition coefficient (Wildman–Crippen LogP) is 2.25. The molecule has 2 heterocycles. The van der Waals surface area contributed by atoms with E-state index in [1.807, 2.05) is 6.92 Å². The maximum atomic E-state index is 12.0. The van der Waals surface area contributed by atoms with Crippen LogP contribution in [0.5, 0.6) is 0 Å². The Bertz CT molecular complexity index is 650. The number of halogens is 1. The van der Waals surface area contributed by atoms with Gasteiger partial charge in [-0.2, -0.15) is 0 Å². The van der Waals surface area contributed by atoms with Crippen molar-refractivity contribution in [1.82, 2.24) is 14.9 Å². The molecule has 0 spiro atoms. The number of hydrogen-bond acceptors (Lipinski definition) is 4. The third kappa shape index (κ3) is 3.17. The number of carboxylic acid groups (broad SMARTS) is 1. The molecule has 1 amide bonds. The molecule has 0 unspecified atom stereocenters. The second-order valence-corrected chi connectivity index (χ2v) is 5.32. The van der Waals surface area contributed by atoms with Gasteiger partial charge in [-0.3, -0.25) is 4.79 Å². The quantitative estimate of drug-likeness (QED) is 0.886. The monoisotopic (exact) mass is 313 g/mol. The molecule has 0 aliphatic carbocycles. The zero-order chi connectivity index (χ0) is 14.7. The van der Waals surface area contributed by atoms with E-state index in [0.717, 1.165) is 0 Å². The summed E-state index contributed by atoms with van der Waals surface area (Å²) in [5.74, 6) is -1.35. The number of aromatic carboxylic acids is 1. The Morgan fingerprint density at radius 1 is 1.55 bits per heavy atom. The van der Waals surface area contributed by atoms with Crippen molar-refractivity contribution in [3.63, 3.8) is 0 Å². The van der Waals surface area contributed by atoms with Crippen molar-refractivity contribution >= 4 is 34.8 Å². The largest absolute Gasteiger partial charge is 0.476 e. The lowest BCUT2D eigenvalue weighted by molar-refractivity contribution is 0.0691. The van der Waals surface area contributed by atoms with Crippen molar-refractivity contribution in [1.29, 1.82) is 0 Å². The van der Waals surface area contributed by atoms with Crippen LogP contribution in [0, 0.1) is 0 Å². The molecule has 0 aliphatic heterocycles. The Hall–Kier alpha value is -1.86. The first-order valence-corrected chi connectivity index (χ1v) is 7.08. The Labute approximate surface area is 124 Å². The summed E-state index contributed by atoms with van der Waals surface area (Å²) >= 11 is 7.06. The van der Waals surface area contributed by atoms with Crippen LogP contribution in [0.3, 0.4) is 0 Å². The van der Waals surface area contributed by atoms with Crippen molar-refractivity contribution in [2.24, 2.45) is 0 Å². The number of aromatic nitrogens is 2. The van der Waals surface area contributed by atoms with E-state index in [-0.39, 0.29) is 18.1 Å². The minimum absolute atomic E-state index is 0.0146. The molecule has 8 heteroatoms. The first-order chi connectivity index (χ1) is 9.51. The summed E-state index contributed by atoms with van der Waals surface area (Å²) in [6.45, 7) is 2.73. The highest BCUT2D eigenvalue weighted by Crippen LogP contribution is 2.15. The summed E-state index contributed by atoms with van der Waals surface area (Å²) in [5, 5.41) is 13.9. The topological polar surface area (TPSA) is 84.2 Å². The zero-order valence-corrected chi connectivity index (χ0v) is 12.2. The number of aryl methyl sites for hydroxylation is 1. The van der Waals surface area contributed by atoms with Gasteiger partial charge in [-0.25, -0.2) is 9.78 Å². The van der Waals surface area contributed by atoms with Gasteiger partial charge in [-0.1, -0.05) is 11.6 Å². The Balaban J connectivity index is 2.02. The number of thiazole rings is 1. The van der Waals surface area contributed by atoms with Gasteiger partial charge in [0.15, 0.2) is 5.69 Å². The van der Waals surface area contributed by atoms with Crippen LogP contribution in [0.4, 0.5) is 0 Å². The van der Waals surface area contributed by atoms with Crippen LogP contribution in [0.2, 0.25) is 5.02 Å². The average Bonchev–Trinajstić information content (AvgIpc) is 3.02. The lowest BCUT2D eigenvalue weighted by atomic mass is 10.4. The number of rotatable bonds is 5. The second kappa shape index (κ2) is 6.06. The molecule has 2 N–H and O–H groups in total. The Kier molecular flexibility index (Phi) is 4.41. The van der Waals surface area contributed by atoms with Gasteiger partial charge in [0, 0.05) is 18.1 Å². The Morgan fingerprint density at radius 3 is 2.90 bits per heavy atom. The van der Waals surface area contributed by atoms with Crippen LogP contribution in [0.1, 0.15) is 32.9 Å². The van der Waals surface area contributed by atoms with Gasteiger partial charge in [0.1, 0.15) is 10.7 Å². The molecule has 0 atom stereocenters. The van der Waals surface area contributed by atoms with Gasteiger partial charge in [-0.15, -0.1) is 11.3 Å². The summed E-state index contributed by atoms with van der Waals surface area (Å²) in [5.41, 5.74) is 0.451. The summed E-state index contributed by atoms with van der Waals surface area (Å²) in [7, 11) is 0. The zero-order valence-electron chi connectivity index (χ0n) is 10.6. The Morgan fingerprint density at radius 2 is 2.30 bits per heavy atom. The summed E-state index contributed by atoms with van der Waals surface area (Å²) in [6, 6.07) is 1.59. The third-order valence-electron chi connectivity index (χ3n) is 2.61. The highest BCUT2D eigenvalue weighted by atomic mass is 35.5. The van der Waals surface area contributed by atoms with Gasteiger partial charge in [0.05, 0.1) is 11.6 Å². The highest BCUT2D eigenvalue weighted by molar-refractivity contribution is 7.09. The standard InChI is InChI=1S/C12H12ClN3O3S/c1-2-16-5-7(13)3-9(16)11(17)14-4-10-15-8(6-20-10)12(18)19/h3,5-6H,2,4H2,1H3,(H,14,17)(H,18,19). The maximum absolute atomic E-state index is 12.0. The van der Waals surface area contributed by atoms with Crippen LogP contribution in [0.15, 0.2) is 17.6 Å². The molecular weight excluding hydrogens is 302 g/mol. The van der Waals surface area contributed by atoms with Crippen LogP contribution < -0.4 is 5.32 Å². The van der Waals surface area contributed by atoms with Gasteiger partial charge < -0.3 is 15.0 Å². The van der Waals surface area contributed by atoms with Crippen molar-refractivity contribution in [2.75, 3.05) is 0 Å². The fourth-order valence-electron chi connectivity index (χ4n) is 1.66. The molecule has 2 aromatic heterocycles. The molecule has 20 heavy (non-hydrogen) atoms. The highest BCUT2D eigenvalue weighted by Gasteiger charge is 2.14. The third-order valence-corrected chi connectivity index (χ3v) is 3.66. The molecule has 0 bridgehead atoms. The summed E-state index contributed by atoms with van der Waals surface area (Å²) < 4.78 is 1.74. The molecule has 0 saturated carbocycles. The summed E-state index contributed by atoms with van der Waals surface area (Å²) in [4.78, 5) is 26.6. The van der Waals surface area contributed by atoms with E-state index >= 15 is 0 Å². The van der Waals surface area contributed by atoms with Gasteiger partial charge in [0.2, 0.25) is 0 Å². The van der Waals surface area contributed by atoms with Gasteiger partial charge >= 0.3 is 5.97 Å². The van der Waals surface area contributed by atoms with Crippen molar-refractivity contribution in [3.8, 4) is 0 Å². The molecule has 0 aromatic carbocycles. The molecule has 0 aliphatic rings. The lowest BCUT2D eigenvalue weighted by Crippen LogP contribution is -2.25. The van der Waals surface area contributed by atoms with Crippen LogP contribution >= 0.6 is 22.9 Å². The predicted molar refractivity (Wildman–Crippen MR) is 75.4 cm³/mol. The van der Waals surface area contributed by atoms with Crippen LogP contribution in [-0.2, 0) is 13.1 Å². The molecule has 106 valence electrons. The number of carbonyl (C=O) groups excluding carboxylic acids is 1. The first kappa shape index (κ1) is 14.5. The van der Waals surface area contributed by atoms with E-state index in [1.54, 1.807) is 16.8 Å². The number of nitrogens with zero attached hydrogens (tertiary/aromatic N) is 2. The number of nitrogens with one attached hydrogen (secondary N) is 1. The molecule has 2 rings (SSSR count). The van der Waals surface area contributed by atoms with E-state index in [0.29, 0.717) is 22.3 Å². The van der Waals surface area contributed by atoms with E-state index in [9.17, 15) is 9.59 Å². The summed E-state index contributed by atoms with van der Waals surface area (Å²) in [6.07, 6.45) is 1.68. The van der Waals surface area contributed by atoms with Crippen molar-refractivity contribution in [2.45, 2.75) is 20.0 Å². The normalized spacial score (nSPS) is 10.5. The van der Waals surface area contributed by atoms with Crippen molar-refractivity contribution < 1.29 is 14.7 Å². The fourth-order valence-corrected chi connectivity index (χ4v) is 2.59. The van der Waals surface area contributed by atoms with Gasteiger partial charge in [0.25, 0.3) is 5.91 Å². The van der Waals surface area contributed by atoms with E-state index in [2.05, 4.69) is 10.3 Å². The van der Waals surface area contributed by atoms with Crippen molar-refractivity contribution in [3.05, 3.63) is 39.1 Å². The molecule has 2 aromatic rings. The number of hydrogen-bond donors (Lipinski definition) is 2. The van der Waals surface area contributed by atoms with Crippen LogP contribution in [0.25, 0.3) is 0 Å². The SMILES string of the molecule is CCn1cc(Cl)cc1C(=O)NCc1nc(C(=O)O)cs1. The molecule has 0 fully saturated rings.